The molecule has 4 N–H and O–H groups in total. The number of benzene rings is 2. The third-order valence-electron chi connectivity index (χ3n) is 9.78. The summed E-state index contributed by atoms with van der Waals surface area (Å²) < 4.78 is 5.64. The molecule has 1 aromatic heterocycles. The van der Waals surface area contributed by atoms with Crippen molar-refractivity contribution in [2.24, 2.45) is 0 Å². The minimum atomic E-state index is -0.325. The number of rotatable bonds is 9. The van der Waals surface area contributed by atoms with Crippen LogP contribution in [-0.4, -0.2) is 119 Å². The summed E-state index contributed by atoms with van der Waals surface area (Å²) in [6.07, 6.45) is 4.19. The topological polar surface area (TPSA) is 142 Å². The smallest absolute Gasteiger partial charge is 0.323 e. The molecule has 2 aromatic carbocycles. The standard InChI is InChI=1S/C34H45N9O4/c1-23-22-47-19-18-42(23)32-37-31(38-33(39-32)43-29(20-44)12-13-30(43)21-45)24-2-4-25(5-3-24)35-34(46)36-26-6-8-27(9-7-26)40-14-16-41(17-15-40)28-10-11-28/h2-9,23,28-30,44-45H,10-22H2,1H3,(H2,35,36,46). The Hall–Kier alpha value is -4.04. The molecule has 4 aliphatic rings. The van der Waals surface area contributed by atoms with Crippen molar-refractivity contribution in [3.63, 3.8) is 0 Å². The van der Waals surface area contributed by atoms with Gasteiger partial charge in [0, 0.05) is 61.4 Å². The molecule has 3 aliphatic heterocycles. The van der Waals surface area contributed by atoms with Gasteiger partial charge in [-0.05, 0) is 81.1 Å². The van der Waals surface area contributed by atoms with Crippen LogP contribution in [0.4, 0.5) is 33.8 Å². The van der Waals surface area contributed by atoms with Gasteiger partial charge in [-0.1, -0.05) is 0 Å². The van der Waals surface area contributed by atoms with E-state index < -0.39 is 0 Å². The second-order valence-electron chi connectivity index (χ2n) is 13.0. The highest BCUT2D eigenvalue weighted by atomic mass is 16.5. The van der Waals surface area contributed by atoms with Gasteiger partial charge in [-0.3, -0.25) is 4.90 Å². The zero-order valence-corrected chi connectivity index (χ0v) is 27.0. The first-order valence-electron chi connectivity index (χ1n) is 16.9. The molecule has 0 radical (unpaired) electrons. The zero-order valence-electron chi connectivity index (χ0n) is 27.0. The number of amides is 2. The summed E-state index contributed by atoms with van der Waals surface area (Å²) in [6, 6.07) is 15.6. The molecule has 1 aliphatic carbocycles. The Morgan fingerprint density at radius 3 is 2.02 bits per heavy atom. The second kappa shape index (κ2) is 14.0. The van der Waals surface area contributed by atoms with Gasteiger partial charge in [0.25, 0.3) is 0 Å². The number of aliphatic hydroxyl groups excluding tert-OH is 2. The van der Waals surface area contributed by atoms with Gasteiger partial charge in [0.2, 0.25) is 11.9 Å². The van der Waals surface area contributed by atoms with Crippen LogP contribution < -0.4 is 25.3 Å². The fourth-order valence-corrected chi connectivity index (χ4v) is 6.93. The quantitative estimate of drug-likeness (QED) is 0.273. The molecule has 0 bridgehead atoms. The molecule has 0 spiro atoms. The van der Waals surface area contributed by atoms with Gasteiger partial charge in [-0.25, -0.2) is 4.79 Å². The average molecular weight is 644 g/mol. The number of nitrogens with zero attached hydrogens (tertiary/aromatic N) is 7. The number of urea groups is 1. The fourth-order valence-electron chi connectivity index (χ4n) is 6.93. The van der Waals surface area contributed by atoms with Crippen LogP contribution in [0.3, 0.4) is 0 Å². The lowest BCUT2D eigenvalue weighted by Crippen LogP contribution is -2.47. The molecule has 2 amide bonds. The maximum Gasteiger partial charge on any atom is 0.323 e. The summed E-state index contributed by atoms with van der Waals surface area (Å²) >= 11 is 0. The van der Waals surface area contributed by atoms with Crippen LogP contribution in [0.15, 0.2) is 48.5 Å². The predicted molar refractivity (Wildman–Crippen MR) is 182 cm³/mol. The number of nitrogens with one attached hydrogen (secondary N) is 2. The maximum atomic E-state index is 12.9. The molecule has 13 nitrogen and oxygen atoms in total. The number of carbonyl (C=O) groups excluding carboxylic acids is 1. The molecule has 13 heteroatoms. The van der Waals surface area contributed by atoms with Crippen molar-refractivity contribution in [1.82, 2.24) is 19.9 Å². The molecular formula is C34H45N9O4. The van der Waals surface area contributed by atoms with Crippen molar-refractivity contribution < 1.29 is 19.7 Å². The van der Waals surface area contributed by atoms with Crippen molar-refractivity contribution in [3.05, 3.63) is 48.5 Å². The molecular weight excluding hydrogens is 598 g/mol. The molecule has 4 heterocycles. The van der Waals surface area contributed by atoms with E-state index in [2.05, 4.69) is 44.4 Å². The summed E-state index contributed by atoms with van der Waals surface area (Å²) in [5, 5.41) is 26.0. The Bertz CT molecular complexity index is 1500. The fraction of sp³-hybridized carbons (Fsp3) is 0.529. The number of hydrogen-bond acceptors (Lipinski definition) is 11. The summed E-state index contributed by atoms with van der Waals surface area (Å²) in [5.74, 6) is 1.45. The lowest BCUT2D eigenvalue weighted by atomic mass is 10.2. The SMILES string of the molecule is CC1COCCN1c1nc(-c2ccc(NC(=O)Nc3ccc(N4CCN(C5CC5)CC4)cc3)cc2)nc(N2C(CO)CCC2CO)n1. The monoisotopic (exact) mass is 643 g/mol. The molecule has 250 valence electrons. The number of aromatic nitrogens is 3. The van der Waals surface area contributed by atoms with Crippen LogP contribution in [0.25, 0.3) is 11.4 Å². The lowest BCUT2D eigenvalue weighted by Gasteiger charge is -2.36. The average Bonchev–Trinajstić information content (AvgIpc) is 3.87. The van der Waals surface area contributed by atoms with E-state index in [1.54, 1.807) is 0 Å². The molecule has 3 unspecified atom stereocenters. The van der Waals surface area contributed by atoms with Gasteiger partial charge >= 0.3 is 6.03 Å². The van der Waals surface area contributed by atoms with Crippen LogP contribution in [0.1, 0.15) is 32.6 Å². The van der Waals surface area contributed by atoms with E-state index in [9.17, 15) is 15.0 Å². The maximum absolute atomic E-state index is 12.9. The Morgan fingerprint density at radius 1 is 0.809 bits per heavy atom. The normalized spacial score (nSPS) is 23.6. The van der Waals surface area contributed by atoms with E-state index >= 15 is 0 Å². The number of aliphatic hydroxyl groups is 2. The molecule has 3 aromatic rings. The van der Waals surface area contributed by atoms with Gasteiger partial charge in [0.15, 0.2) is 5.82 Å². The largest absolute Gasteiger partial charge is 0.394 e. The zero-order chi connectivity index (χ0) is 32.3. The molecule has 3 saturated heterocycles. The molecule has 47 heavy (non-hydrogen) atoms. The number of piperazine rings is 1. The Labute approximate surface area is 275 Å². The van der Waals surface area contributed by atoms with E-state index in [-0.39, 0.29) is 37.4 Å². The lowest BCUT2D eigenvalue weighted by molar-refractivity contribution is 0.0981. The highest BCUT2D eigenvalue weighted by molar-refractivity contribution is 6.00. The van der Waals surface area contributed by atoms with Gasteiger partial charge in [0.1, 0.15) is 0 Å². The first kappa shape index (κ1) is 31.6. The summed E-state index contributed by atoms with van der Waals surface area (Å²) in [5.41, 5.74) is 3.30. The van der Waals surface area contributed by atoms with Crippen LogP contribution in [-0.2, 0) is 4.74 Å². The van der Waals surface area contributed by atoms with Crippen LogP contribution >= 0.6 is 0 Å². The van der Waals surface area contributed by atoms with E-state index in [0.29, 0.717) is 43.2 Å². The Kier molecular flexibility index (Phi) is 9.39. The van der Waals surface area contributed by atoms with Crippen molar-refractivity contribution in [2.45, 2.75) is 56.8 Å². The van der Waals surface area contributed by atoms with Gasteiger partial charge < -0.3 is 40.3 Å². The summed E-state index contributed by atoms with van der Waals surface area (Å²) in [6.45, 7) is 8.05. The van der Waals surface area contributed by atoms with Crippen LogP contribution in [0.2, 0.25) is 0 Å². The minimum Gasteiger partial charge on any atom is -0.394 e. The first-order chi connectivity index (χ1) is 23.0. The van der Waals surface area contributed by atoms with Gasteiger partial charge in [-0.15, -0.1) is 0 Å². The summed E-state index contributed by atoms with van der Waals surface area (Å²) in [4.78, 5) is 36.4. The molecule has 3 atom stereocenters. The van der Waals surface area contributed by atoms with Crippen LogP contribution in [0.5, 0.6) is 0 Å². The number of morpholine rings is 1. The van der Waals surface area contributed by atoms with Crippen LogP contribution in [0, 0.1) is 0 Å². The number of carbonyl (C=O) groups is 1. The third kappa shape index (κ3) is 7.13. The van der Waals surface area contributed by atoms with Crippen molar-refractivity contribution in [2.75, 3.05) is 84.5 Å². The molecule has 4 fully saturated rings. The van der Waals surface area contributed by atoms with E-state index in [1.165, 1.54) is 18.5 Å². The summed E-state index contributed by atoms with van der Waals surface area (Å²) in [7, 11) is 0. The van der Waals surface area contributed by atoms with Crippen molar-refractivity contribution in [1.29, 1.82) is 0 Å². The third-order valence-corrected chi connectivity index (χ3v) is 9.78. The molecule has 1 saturated carbocycles. The second-order valence-corrected chi connectivity index (χ2v) is 13.0. The highest BCUT2D eigenvalue weighted by Crippen LogP contribution is 2.32. The van der Waals surface area contributed by atoms with Crippen molar-refractivity contribution in [3.8, 4) is 11.4 Å². The first-order valence-corrected chi connectivity index (χ1v) is 16.9. The van der Waals surface area contributed by atoms with E-state index in [4.69, 9.17) is 19.7 Å². The molecule has 7 rings (SSSR count). The van der Waals surface area contributed by atoms with E-state index in [0.717, 1.165) is 56.3 Å². The van der Waals surface area contributed by atoms with E-state index in [1.807, 2.05) is 41.3 Å². The Balaban J connectivity index is 1.03. The minimum absolute atomic E-state index is 0.0506. The van der Waals surface area contributed by atoms with Gasteiger partial charge in [0.05, 0.1) is 44.6 Å². The predicted octanol–water partition coefficient (Wildman–Crippen LogP) is 3.01. The number of hydrogen-bond donors (Lipinski definition) is 4. The highest BCUT2D eigenvalue weighted by Gasteiger charge is 2.36. The Morgan fingerprint density at radius 2 is 1.43 bits per heavy atom. The van der Waals surface area contributed by atoms with Gasteiger partial charge in [-0.2, -0.15) is 15.0 Å². The number of anilines is 5. The number of ether oxygens (including phenoxy) is 1. The van der Waals surface area contributed by atoms with Crippen molar-refractivity contribution >= 4 is 35.0 Å².